The van der Waals surface area contributed by atoms with Gasteiger partial charge in [-0.15, -0.1) is 0 Å². The lowest BCUT2D eigenvalue weighted by molar-refractivity contribution is -0.138. The Kier molecular flexibility index (Phi) is 9.09. The van der Waals surface area contributed by atoms with E-state index in [1.54, 1.807) is 0 Å². The number of rotatable bonds is 11. The Hall–Kier alpha value is -4.16. The Bertz CT molecular complexity index is 1430. The molecule has 1 aromatic heterocycles. The van der Waals surface area contributed by atoms with Crippen molar-refractivity contribution in [1.29, 1.82) is 0 Å². The van der Waals surface area contributed by atoms with Crippen LogP contribution in [0.3, 0.4) is 0 Å². The van der Waals surface area contributed by atoms with Gasteiger partial charge in [-0.25, -0.2) is 9.78 Å². The Morgan fingerprint density at radius 1 is 0.950 bits per heavy atom. The van der Waals surface area contributed by atoms with Crippen LogP contribution < -0.4 is 4.74 Å². The first-order chi connectivity index (χ1) is 19.6. The summed E-state index contributed by atoms with van der Waals surface area (Å²) in [5, 5.41) is 0. The summed E-state index contributed by atoms with van der Waals surface area (Å²) in [6, 6.07) is 28.5. The summed E-state index contributed by atoms with van der Waals surface area (Å²) >= 11 is 0. The van der Waals surface area contributed by atoms with E-state index in [1.807, 2.05) is 62.4 Å². The zero-order valence-corrected chi connectivity index (χ0v) is 23.3. The number of nitrogens with zero attached hydrogens (tertiary/aromatic N) is 2. The molecule has 0 spiro atoms. The van der Waals surface area contributed by atoms with Gasteiger partial charge in [0.05, 0.1) is 18.9 Å². The lowest BCUT2D eigenvalue weighted by atomic mass is 9.94. The lowest BCUT2D eigenvalue weighted by Gasteiger charge is -2.30. The fourth-order valence-electron chi connectivity index (χ4n) is 5.07. The first-order valence-electron chi connectivity index (χ1n) is 14.0. The van der Waals surface area contributed by atoms with Crippen molar-refractivity contribution in [3.05, 3.63) is 119 Å². The Labute approximate surface area is 236 Å². The van der Waals surface area contributed by atoms with E-state index in [0.29, 0.717) is 38.4 Å². The molecule has 0 fully saturated rings. The fraction of sp³-hybridized carbons (Fsp3) is 0.294. The minimum atomic E-state index is -0.185. The summed E-state index contributed by atoms with van der Waals surface area (Å²) in [6.45, 7) is 7.15. The average Bonchev–Trinajstić information content (AvgIpc) is 3.35. The van der Waals surface area contributed by atoms with E-state index in [4.69, 9.17) is 13.9 Å². The molecular formula is C34H36N2O4. The van der Waals surface area contributed by atoms with Gasteiger partial charge in [-0.05, 0) is 67.7 Å². The first-order valence-corrected chi connectivity index (χ1v) is 14.0. The highest BCUT2D eigenvalue weighted by Gasteiger charge is 2.24. The van der Waals surface area contributed by atoms with Gasteiger partial charge in [0, 0.05) is 37.2 Å². The smallest absolute Gasteiger partial charge is 0.334 e. The first kappa shape index (κ1) is 27.4. The van der Waals surface area contributed by atoms with Crippen molar-refractivity contribution in [2.24, 2.45) is 0 Å². The maximum atomic E-state index is 12.7. The third-order valence-electron chi connectivity index (χ3n) is 7.15. The van der Waals surface area contributed by atoms with Gasteiger partial charge < -0.3 is 13.9 Å². The Balaban J connectivity index is 1.20. The van der Waals surface area contributed by atoms with Crippen LogP contribution in [-0.4, -0.2) is 42.2 Å². The predicted octanol–water partition coefficient (Wildman–Crippen LogP) is 6.58. The molecule has 0 unspecified atom stereocenters. The molecule has 4 aromatic rings. The molecule has 0 radical (unpaired) electrons. The Morgan fingerprint density at radius 2 is 1.68 bits per heavy atom. The van der Waals surface area contributed by atoms with Crippen LogP contribution >= 0.6 is 0 Å². The van der Waals surface area contributed by atoms with Crippen LogP contribution in [0, 0.1) is 6.92 Å². The second kappa shape index (κ2) is 13.3. The van der Waals surface area contributed by atoms with Gasteiger partial charge in [0.1, 0.15) is 11.5 Å². The monoisotopic (exact) mass is 536 g/mol. The molecule has 40 heavy (non-hydrogen) atoms. The number of carbonyl (C=O) groups is 1. The van der Waals surface area contributed by atoms with Gasteiger partial charge >= 0.3 is 5.97 Å². The number of ether oxygens (including phenoxy) is 2. The number of carbonyl (C=O) groups excluding carboxylic acids is 1. The SMILES string of the molecule is CCOC(=O)C1=C(Cc2ccc(OCCc3nc(-c4ccccc4)oc3C)cc2)CN(Cc2ccccc2)CC1. The van der Waals surface area contributed by atoms with E-state index in [-0.39, 0.29) is 5.97 Å². The van der Waals surface area contributed by atoms with E-state index < -0.39 is 0 Å². The standard InChI is InChI=1S/C34H36N2O4/c1-3-38-34(37)31-18-20-36(23-27-10-6-4-7-11-27)24-29(31)22-26-14-16-30(17-15-26)39-21-19-32-25(2)40-33(35-32)28-12-8-5-9-13-28/h4-17H,3,18-24H2,1-2H3. The number of esters is 1. The van der Waals surface area contributed by atoms with E-state index in [2.05, 4.69) is 46.3 Å². The van der Waals surface area contributed by atoms with Crippen molar-refractivity contribution >= 4 is 5.97 Å². The highest BCUT2D eigenvalue weighted by molar-refractivity contribution is 5.89. The van der Waals surface area contributed by atoms with Crippen molar-refractivity contribution < 1.29 is 18.7 Å². The molecule has 6 heteroatoms. The van der Waals surface area contributed by atoms with Crippen LogP contribution in [-0.2, 0) is 28.9 Å². The van der Waals surface area contributed by atoms with Crippen molar-refractivity contribution in [1.82, 2.24) is 9.88 Å². The van der Waals surface area contributed by atoms with Crippen LogP contribution in [0.25, 0.3) is 11.5 Å². The topological polar surface area (TPSA) is 64.8 Å². The summed E-state index contributed by atoms with van der Waals surface area (Å²) in [6.07, 6.45) is 2.08. The molecule has 1 aliphatic heterocycles. The highest BCUT2D eigenvalue weighted by Crippen LogP contribution is 2.26. The van der Waals surface area contributed by atoms with Crippen LogP contribution in [0.1, 0.15) is 35.9 Å². The van der Waals surface area contributed by atoms with Gasteiger partial charge in [0.25, 0.3) is 0 Å². The van der Waals surface area contributed by atoms with E-state index in [1.165, 1.54) is 5.56 Å². The van der Waals surface area contributed by atoms with E-state index in [9.17, 15) is 4.79 Å². The summed E-state index contributed by atoms with van der Waals surface area (Å²) < 4.78 is 17.3. The molecule has 3 aromatic carbocycles. The molecular weight excluding hydrogens is 500 g/mol. The summed E-state index contributed by atoms with van der Waals surface area (Å²) in [5.74, 6) is 2.08. The largest absolute Gasteiger partial charge is 0.493 e. The van der Waals surface area contributed by atoms with Crippen molar-refractivity contribution in [2.45, 2.75) is 39.7 Å². The summed E-state index contributed by atoms with van der Waals surface area (Å²) in [7, 11) is 0. The molecule has 0 N–H and O–H groups in total. The van der Waals surface area contributed by atoms with Crippen molar-refractivity contribution in [3.8, 4) is 17.2 Å². The number of hydrogen-bond donors (Lipinski definition) is 0. The molecule has 0 aliphatic carbocycles. The number of aromatic nitrogens is 1. The minimum absolute atomic E-state index is 0.185. The van der Waals surface area contributed by atoms with Crippen molar-refractivity contribution in [3.63, 3.8) is 0 Å². The molecule has 206 valence electrons. The number of benzene rings is 3. The van der Waals surface area contributed by atoms with Crippen molar-refractivity contribution in [2.75, 3.05) is 26.3 Å². The average molecular weight is 537 g/mol. The van der Waals surface area contributed by atoms with E-state index >= 15 is 0 Å². The third-order valence-corrected chi connectivity index (χ3v) is 7.15. The highest BCUT2D eigenvalue weighted by atomic mass is 16.5. The van der Waals surface area contributed by atoms with Crippen LogP contribution in [0.15, 0.2) is 100 Å². The minimum Gasteiger partial charge on any atom is -0.493 e. The van der Waals surface area contributed by atoms with Gasteiger partial charge in [-0.1, -0.05) is 60.7 Å². The van der Waals surface area contributed by atoms with Crippen LogP contribution in [0.5, 0.6) is 5.75 Å². The number of oxazole rings is 1. The number of hydrogen-bond acceptors (Lipinski definition) is 6. The van der Waals surface area contributed by atoms with E-state index in [0.717, 1.165) is 59.1 Å². The van der Waals surface area contributed by atoms with Gasteiger partial charge in [0.2, 0.25) is 5.89 Å². The lowest BCUT2D eigenvalue weighted by Crippen LogP contribution is -2.34. The summed E-state index contributed by atoms with van der Waals surface area (Å²) in [5.41, 5.74) is 6.25. The van der Waals surface area contributed by atoms with Gasteiger partial charge in [-0.3, -0.25) is 4.90 Å². The fourth-order valence-corrected chi connectivity index (χ4v) is 5.07. The zero-order chi connectivity index (χ0) is 27.7. The number of aryl methyl sites for hydroxylation is 1. The third kappa shape index (κ3) is 7.07. The van der Waals surface area contributed by atoms with Gasteiger partial charge in [0.15, 0.2) is 0 Å². The molecule has 0 saturated heterocycles. The molecule has 0 saturated carbocycles. The molecule has 1 aliphatic rings. The maximum Gasteiger partial charge on any atom is 0.334 e. The molecule has 2 heterocycles. The Morgan fingerprint density at radius 3 is 2.40 bits per heavy atom. The second-order valence-electron chi connectivity index (χ2n) is 10.1. The summed E-state index contributed by atoms with van der Waals surface area (Å²) in [4.78, 5) is 19.8. The normalized spacial score (nSPS) is 13.8. The second-order valence-corrected chi connectivity index (χ2v) is 10.1. The zero-order valence-electron chi connectivity index (χ0n) is 23.3. The molecule has 0 atom stereocenters. The molecule has 6 nitrogen and oxygen atoms in total. The maximum absolute atomic E-state index is 12.7. The quantitative estimate of drug-likeness (QED) is 0.202. The predicted molar refractivity (Wildman–Crippen MR) is 156 cm³/mol. The molecule has 0 bridgehead atoms. The van der Waals surface area contributed by atoms with Crippen LogP contribution in [0.4, 0.5) is 0 Å². The van der Waals surface area contributed by atoms with Crippen LogP contribution in [0.2, 0.25) is 0 Å². The molecule has 5 rings (SSSR count). The van der Waals surface area contributed by atoms with Gasteiger partial charge in [-0.2, -0.15) is 0 Å². The molecule has 0 amide bonds.